The van der Waals surface area contributed by atoms with E-state index in [4.69, 9.17) is 14.3 Å². The number of hydrogen-bond acceptors (Lipinski definition) is 5. The molecule has 2 aromatic heterocycles. The van der Waals surface area contributed by atoms with Gasteiger partial charge in [-0.2, -0.15) is 0 Å². The van der Waals surface area contributed by atoms with E-state index in [0.29, 0.717) is 11.1 Å². The van der Waals surface area contributed by atoms with Gasteiger partial charge in [0.1, 0.15) is 17.9 Å². The Morgan fingerprint density at radius 2 is 2.29 bits per heavy atom. The molecule has 7 heteroatoms. The number of aliphatic hydroxyl groups excluding tert-OH is 1. The minimum atomic E-state index is -0.602. The number of fused-ring (bicyclic) bond motifs is 1. The minimum Gasteiger partial charge on any atom is -0.444 e. The van der Waals surface area contributed by atoms with Gasteiger partial charge in [-0.1, -0.05) is 0 Å². The number of rotatable bonds is 4. The van der Waals surface area contributed by atoms with Crippen molar-refractivity contribution >= 4 is 11.1 Å². The molecule has 7 nitrogen and oxygen atoms in total. The summed E-state index contributed by atoms with van der Waals surface area (Å²) >= 11 is 0. The number of aliphatic hydroxyl groups is 1. The van der Waals surface area contributed by atoms with Crippen molar-refractivity contribution in [2.45, 2.75) is 13.7 Å². The van der Waals surface area contributed by atoms with Crippen molar-refractivity contribution in [3.63, 3.8) is 0 Å². The van der Waals surface area contributed by atoms with E-state index in [1.165, 1.54) is 4.57 Å². The summed E-state index contributed by atoms with van der Waals surface area (Å²) in [5, 5.41) is 8.88. The number of aromatic amines is 1. The molecule has 0 aliphatic carbocycles. The van der Waals surface area contributed by atoms with Crippen LogP contribution in [0.2, 0.25) is 0 Å². The SMILES string of the molecule is Cc1cc2c(=O)[nH]c(=O)n(COCCO)c2o1. The third kappa shape index (κ3) is 2.15. The highest BCUT2D eigenvalue weighted by molar-refractivity contribution is 5.72. The summed E-state index contributed by atoms with van der Waals surface area (Å²) in [4.78, 5) is 25.2. The van der Waals surface area contributed by atoms with Crippen molar-refractivity contribution in [3.05, 3.63) is 32.7 Å². The van der Waals surface area contributed by atoms with Crippen molar-refractivity contribution in [1.29, 1.82) is 0 Å². The van der Waals surface area contributed by atoms with Gasteiger partial charge in [0.2, 0.25) is 5.71 Å². The summed E-state index contributed by atoms with van der Waals surface area (Å²) in [7, 11) is 0. The second kappa shape index (κ2) is 4.56. The highest BCUT2D eigenvalue weighted by Crippen LogP contribution is 2.13. The molecule has 0 aliphatic rings. The van der Waals surface area contributed by atoms with Crippen LogP contribution in [0.5, 0.6) is 0 Å². The number of ether oxygens (including phenoxy) is 1. The molecule has 2 aromatic rings. The molecule has 0 fully saturated rings. The van der Waals surface area contributed by atoms with E-state index in [-0.39, 0.29) is 25.7 Å². The van der Waals surface area contributed by atoms with Crippen LogP contribution in [0.1, 0.15) is 5.76 Å². The standard InChI is InChI=1S/C10H12N2O5/c1-6-4-7-8(14)11-10(15)12(9(7)17-6)5-16-3-2-13/h4,13H,2-3,5H2,1H3,(H,11,14,15). The van der Waals surface area contributed by atoms with Crippen LogP contribution in [0.25, 0.3) is 11.1 Å². The van der Waals surface area contributed by atoms with Crippen molar-refractivity contribution in [2.24, 2.45) is 0 Å². The molecule has 0 radical (unpaired) electrons. The maximum absolute atomic E-state index is 11.6. The maximum Gasteiger partial charge on any atom is 0.333 e. The van der Waals surface area contributed by atoms with Crippen LogP contribution in [0.4, 0.5) is 0 Å². The fourth-order valence-corrected chi connectivity index (χ4v) is 1.53. The van der Waals surface area contributed by atoms with Gasteiger partial charge in [0.25, 0.3) is 5.56 Å². The number of nitrogens with zero attached hydrogens (tertiary/aromatic N) is 1. The molecule has 17 heavy (non-hydrogen) atoms. The number of nitrogens with one attached hydrogen (secondary N) is 1. The largest absolute Gasteiger partial charge is 0.444 e. The van der Waals surface area contributed by atoms with Gasteiger partial charge in [-0.15, -0.1) is 0 Å². The zero-order valence-corrected chi connectivity index (χ0v) is 9.23. The lowest BCUT2D eigenvalue weighted by atomic mass is 10.4. The molecule has 0 aromatic carbocycles. The lowest BCUT2D eigenvalue weighted by molar-refractivity contribution is 0.0465. The number of H-pyrrole nitrogens is 1. The monoisotopic (exact) mass is 240 g/mol. The second-order valence-corrected chi connectivity index (χ2v) is 3.52. The van der Waals surface area contributed by atoms with E-state index in [9.17, 15) is 9.59 Å². The summed E-state index contributed by atoms with van der Waals surface area (Å²) in [6.45, 7) is 1.56. The normalized spacial score (nSPS) is 11.2. The molecule has 0 saturated carbocycles. The molecule has 2 heterocycles. The molecule has 2 rings (SSSR count). The minimum absolute atomic E-state index is 0.0837. The lowest BCUT2D eigenvalue weighted by Gasteiger charge is -2.05. The Labute approximate surface area is 95.2 Å². The van der Waals surface area contributed by atoms with Gasteiger partial charge in [-0.3, -0.25) is 9.78 Å². The van der Waals surface area contributed by atoms with Crippen LogP contribution < -0.4 is 11.2 Å². The molecule has 0 saturated heterocycles. The zero-order valence-electron chi connectivity index (χ0n) is 9.23. The summed E-state index contributed by atoms with van der Waals surface area (Å²) in [6, 6.07) is 1.55. The Kier molecular flexibility index (Phi) is 3.12. The first kappa shape index (κ1) is 11.6. The Morgan fingerprint density at radius 1 is 1.53 bits per heavy atom. The number of aryl methyl sites for hydroxylation is 1. The quantitative estimate of drug-likeness (QED) is 0.706. The van der Waals surface area contributed by atoms with Gasteiger partial charge in [0, 0.05) is 0 Å². The van der Waals surface area contributed by atoms with Gasteiger partial charge >= 0.3 is 5.69 Å². The van der Waals surface area contributed by atoms with Crippen molar-refractivity contribution < 1.29 is 14.3 Å². The van der Waals surface area contributed by atoms with Crippen molar-refractivity contribution in [3.8, 4) is 0 Å². The molecule has 0 spiro atoms. The summed E-state index contributed by atoms with van der Waals surface area (Å²) in [5.41, 5.74) is -0.913. The lowest BCUT2D eigenvalue weighted by Crippen LogP contribution is -2.30. The van der Waals surface area contributed by atoms with Gasteiger partial charge in [0.05, 0.1) is 13.2 Å². The molecule has 0 atom stereocenters. The molecule has 0 aliphatic heterocycles. The third-order valence-corrected chi connectivity index (χ3v) is 2.25. The van der Waals surface area contributed by atoms with Crippen LogP contribution in [-0.4, -0.2) is 27.9 Å². The molecular formula is C10H12N2O5. The predicted molar refractivity (Wildman–Crippen MR) is 58.9 cm³/mol. The fourth-order valence-electron chi connectivity index (χ4n) is 1.53. The molecule has 0 bridgehead atoms. The first-order valence-corrected chi connectivity index (χ1v) is 5.05. The first-order chi connectivity index (χ1) is 8.13. The van der Waals surface area contributed by atoms with Crippen LogP contribution >= 0.6 is 0 Å². The van der Waals surface area contributed by atoms with Gasteiger partial charge < -0.3 is 14.3 Å². The van der Waals surface area contributed by atoms with E-state index in [1.54, 1.807) is 13.0 Å². The highest BCUT2D eigenvalue weighted by atomic mass is 16.5. The van der Waals surface area contributed by atoms with E-state index in [0.717, 1.165) is 0 Å². The smallest absolute Gasteiger partial charge is 0.333 e. The van der Waals surface area contributed by atoms with Gasteiger partial charge in [-0.05, 0) is 13.0 Å². The molecular weight excluding hydrogens is 228 g/mol. The van der Waals surface area contributed by atoms with Crippen LogP contribution in [-0.2, 0) is 11.5 Å². The maximum atomic E-state index is 11.6. The Bertz CT molecular complexity index is 636. The third-order valence-electron chi connectivity index (χ3n) is 2.25. The summed E-state index contributed by atoms with van der Waals surface area (Å²) in [6.07, 6.45) is 0. The van der Waals surface area contributed by atoms with Gasteiger partial charge in [-0.25, -0.2) is 9.36 Å². The number of hydrogen-bond donors (Lipinski definition) is 2. The Balaban J connectivity index is 2.53. The molecule has 92 valence electrons. The van der Waals surface area contributed by atoms with Crippen LogP contribution in [0.15, 0.2) is 20.1 Å². The number of furan rings is 1. The van der Waals surface area contributed by atoms with Crippen molar-refractivity contribution in [2.75, 3.05) is 13.2 Å². The van der Waals surface area contributed by atoms with Crippen LogP contribution in [0.3, 0.4) is 0 Å². The molecule has 2 N–H and O–H groups in total. The predicted octanol–water partition coefficient (Wildman–Crippen LogP) is -0.442. The molecule has 0 amide bonds. The first-order valence-electron chi connectivity index (χ1n) is 5.05. The Morgan fingerprint density at radius 3 is 3.00 bits per heavy atom. The average molecular weight is 240 g/mol. The second-order valence-electron chi connectivity index (χ2n) is 3.52. The van der Waals surface area contributed by atoms with Crippen molar-refractivity contribution in [1.82, 2.24) is 9.55 Å². The van der Waals surface area contributed by atoms with Crippen LogP contribution in [0, 0.1) is 6.92 Å². The Hall–Kier alpha value is -1.86. The van der Waals surface area contributed by atoms with E-state index in [2.05, 4.69) is 4.98 Å². The zero-order chi connectivity index (χ0) is 12.4. The topological polar surface area (TPSA) is 97.5 Å². The highest BCUT2D eigenvalue weighted by Gasteiger charge is 2.11. The fraction of sp³-hybridized carbons (Fsp3) is 0.400. The van der Waals surface area contributed by atoms with Gasteiger partial charge in [0.15, 0.2) is 0 Å². The van der Waals surface area contributed by atoms with E-state index >= 15 is 0 Å². The molecule has 0 unspecified atom stereocenters. The summed E-state index contributed by atoms with van der Waals surface area (Å²) < 4.78 is 11.5. The van der Waals surface area contributed by atoms with E-state index < -0.39 is 11.2 Å². The van der Waals surface area contributed by atoms with E-state index in [1.807, 2.05) is 0 Å². The summed E-state index contributed by atoms with van der Waals surface area (Å²) in [5.74, 6) is 0.534. The number of aromatic nitrogens is 2. The average Bonchev–Trinajstić information content (AvgIpc) is 2.65.